The Hall–Kier alpha value is -3.71. The summed E-state index contributed by atoms with van der Waals surface area (Å²) >= 11 is 0. The first kappa shape index (κ1) is 23.1. The lowest BCUT2D eigenvalue weighted by Crippen LogP contribution is -2.48. The minimum Gasteiger partial charge on any atom is -0.497 e. The molecule has 1 aliphatic rings. The van der Waals surface area contributed by atoms with E-state index in [-0.39, 0.29) is 6.04 Å². The molecular weight excluding hydrogens is 436 g/mol. The number of hydrogen-bond acceptors (Lipinski definition) is 6. The van der Waals surface area contributed by atoms with Crippen molar-refractivity contribution in [1.29, 1.82) is 0 Å². The van der Waals surface area contributed by atoms with Gasteiger partial charge in [-0.1, -0.05) is 54.6 Å². The van der Waals surface area contributed by atoms with Crippen LogP contribution in [-0.2, 0) is 6.54 Å². The number of piperazine rings is 1. The maximum absolute atomic E-state index is 5.30. The third kappa shape index (κ3) is 4.91. The average Bonchev–Trinajstić information content (AvgIpc) is 3.35. The van der Waals surface area contributed by atoms with Crippen LogP contribution >= 0.6 is 0 Å². The minimum atomic E-state index is -0.00907. The number of hydrogen-bond donors (Lipinski definition) is 0. The van der Waals surface area contributed by atoms with Crippen LogP contribution in [-0.4, -0.2) is 58.4 Å². The lowest BCUT2D eigenvalue weighted by atomic mass is 10.0. The Morgan fingerprint density at radius 1 is 0.857 bits per heavy atom. The standard InChI is InChI=1S/C28H32N6O/c1-21-8-7-11-26(22(21)2)32-16-18-33(19-17-32)27(24-9-5-4-6-10-24)28-29-30-31-34(28)20-23-12-14-25(35-3)15-13-23/h4-15,27H,16-20H2,1-3H3/t27-/m0/s1. The maximum atomic E-state index is 5.30. The zero-order valence-electron chi connectivity index (χ0n) is 20.6. The highest BCUT2D eigenvalue weighted by atomic mass is 16.5. The topological polar surface area (TPSA) is 59.3 Å². The predicted octanol–water partition coefficient (Wildman–Crippen LogP) is 4.26. The van der Waals surface area contributed by atoms with E-state index in [1.54, 1.807) is 7.11 Å². The molecule has 4 aromatic rings. The SMILES string of the molecule is COc1ccc(Cn2nnnc2[C@H](c2ccccc2)N2CCN(c3cccc(C)c3C)CC2)cc1. The van der Waals surface area contributed by atoms with Crippen molar-refractivity contribution < 1.29 is 4.74 Å². The van der Waals surface area contributed by atoms with Crippen LogP contribution in [0, 0.1) is 13.8 Å². The highest BCUT2D eigenvalue weighted by Crippen LogP contribution is 2.30. The Morgan fingerprint density at radius 2 is 1.60 bits per heavy atom. The van der Waals surface area contributed by atoms with E-state index in [2.05, 4.69) is 99.8 Å². The first-order valence-electron chi connectivity index (χ1n) is 12.1. The molecule has 7 nitrogen and oxygen atoms in total. The number of anilines is 1. The zero-order valence-corrected chi connectivity index (χ0v) is 20.6. The summed E-state index contributed by atoms with van der Waals surface area (Å²) in [7, 11) is 1.68. The molecule has 0 spiro atoms. The smallest absolute Gasteiger partial charge is 0.173 e. The number of ether oxygens (including phenoxy) is 1. The summed E-state index contributed by atoms with van der Waals surface area (Å²) in [6.07, 6.45) is 0. The molecule has 0 unspecified atom stereocenters. The van der Waals surface area contributed by atoms with E-state index in [9.17, 15) is 0 Å². The molecule has 0 N–H and O–H groups in total. The first-order valence-corrected chi connectivity index (χ1v) is 12.1. The van der Waals surface area contributed by atoms with Crippen LogP contribution in [0.1, 0.15) is 34.1 Å². The number of tetrazole rings is 1. The normalized spacial score (nSPS) is 15.2. The quantitative estimate of drug-likeness (QED) is 0.404. The predicted molar refractivity (Wildman–Crippen MR) is 138 cm³/mol. The molecule has 0 saturated carbocycles. The van der Waals surface area contributed by atoms with Crippen molar-refractivity contribution in [3.8, 4) is 5.75 Å². The van der Waals surface area contributed by atoms with Gasteiger partial charge in [-0.15, -0.1) is 5.10 Å². The van der Waals surface area contributed by atoms with Crippen molar-refractivity contribution in [2.24, 2.45) is 0 Å². The molecule has 1 saturated heterocycles. The Bertz CT molecular complexity index is 1250. The van der Waals surface area contributed by atoms with E-state index in [0.717, 1.165) is 43.3 Å². The van der Waals surface area contributed by atoms with Gasteiger partial charge in [0.1, 0.15) is 5.75 Å². The van der Waals surface area contributed by atoms with Crippen molar-refractivity contribution in [3.05, 3.63) is 101 Å². The number of nitrogens with zero attached hydrogens (tertiary/aromatic N) is 6. The fourth-order valence-corrected chi connectivity index (χ4v) is 4.88. The van der Waals surface area contributed by atoms with Crippen LogP contribution in [0.2, 0.25) is 0 Å². The maximum Gasteiger partial charge on any atom is 0.173 e. The van der Waals surface area contributed by atoms with Gasteiger partial charge in [0.2, 0.25) is 0 Å². The number of aromatic nitrogens is 4. The molecule has 180 valence electrons. The van der Waals surface area contributed by atoms with Crippen molar-refractivity contribution in [2.75, 3.05) is 38.2 Å². The van der Waals surface area contributed by atoms with E-state index < -0.39 is 0 Å². The van der Waals surface area contributed by atoms with Gasteiger partial charge in [-0.3, -0.25) is 4.90 Å². The molecule has 1 fully saturated rings. The second kappa shape index (κ2) is 10.3. The highest BCUT2D eigenvalue weighted by molar-refractivity contribution is 5.56. The van der Waals surface area contributed by atoms with Crippen LogP contribution in [0.4, 0.5) is 5.69 Å². The number of rotatable bonds is 7. The van der Waals surface area contributed by atoms with Crippen molar-refractivity contribution >= 4 is 5.69 Å². The fraction of sp³-hybridized carbons (Fsp3) is 0.321. The van der Waals surface area contributed by atoms with Gasteiger partial charge < -0.3 is 9.64 Å². The minimum absolute atomic E-state index is 0.00907. The summed E-state index contributed by atoms with van der Waals surface area (Å²) in [6.45, 7) is 8.81. The molecule has 0 radical (unpaired) electrons. The summed E-state index contributed by atoms with van der Waals surface area (Å²) in [4.78, 5) is 5.01. The van der Waals surface area contributed by atoms with Crippen molar-refractivity contribution in [1.82, 2.24) is 25.1 Å². The van der Waals surface area contributed by atoms with Crippen LogP contribution in [0.15, 0.2) is 72.8 Å². The Morgan fingerprint density at radius 3 is 2.31 bits per heavy atom. The summed E-state index contributed by atoms with van der Waals surface area (Å²) in [5.74, 6) is 1.71. The van der Waals surface area contributed by atoms with E-state index >= 15 is 0 Å². The Balaban J connectivity index is 1.40. The molecule has 1 atom stereocenters. The van der Waals surface area contributed by atoms with Gasteiger partial charge in [0.15, 0.2) is 5.82 Å². The number of benzene rings is 3. The van der Waals surface area contributed by atoms with Crippen molar-refractivity contribution in [3.63, 3.8) is 0 Å². The van der Waals surface area contributed by atoms with Gasteiger partial charge in [-0.25, -0.2) is 4.68 Å². The molecule has 0 amide bonds. The second-order valence-corrected chi connectivity index (χ2v) is 9.10. The molecule has 5 rings (SSSR count). The fourth-order valence-electron chi connectivity index (χ4n) is 4.88. The number of methoxy groups -OCH3 is 1. The number of aryl methyl sites for hydroxylation is 1. The molecule has 7 heteroatoms. The van der Waals surface area contributed by atoms with Gasteiger partial charge in [0, 0.05) is 31.9 Å². The van der Waals surface area contributed by atoms with E-state index in [1.807, 2.05) is 16.8 Å². The van der Waals surface area contributed by atoms with Gasteiger partial charge in [-0.05, 0) is 64.7 Å². The van der Waals surface area contributed by atoms with Crippen LogP contribution in [0.3, 0.4) is 0 Å². The van der Waals surface area contributed by atoms with Crippen LogP contribution in [0.25, 0.3) is 0 Å². The monoisotopic (exact) mass is 468 g/mol. The largest absolute Gasteiger partial charge is 0.497 e. The molecular formula is C28H32N6O. The van der Waals surface area contributed by atoms with E-state index in [1.165, 1.54) is 22.4 Å². The van der Waals surface area contributed by atoms with Crippen molar-refractivity contribution in [2.45, 2.75) is 26.4 Å². The molecule has 0 bridgehead atoms. The van der Waals surface area contributed by atoms with Gasteiger partial charge in [0.25, 0.3) is 0 Å². The third-order valence-electron chi connectivity index (χ3n) is 7.01. The summed E-state index contributed by atoms with van der Waals surface area (Å²) in [6, 6.07) is 25.2. The average molecular weight is 469 g/mol. The molecule has 2 heterocycles. The van der Waals surface area contributed by atoms with Gasteiger partial charge in [0.05, 0.1) is 19.7 Å². The highest BCUT2D eigenvalue weighted by Gasteiger charge is 2.31. The van der Waals surface area contributed by atoms with E-state index in [4.69, 9.17) is 4.74 Å². The first-order chi connectivity index (χ1) is 17.1. The third-order valence-corrected chi connectivity index (χ3v) is 7.01. The van der Waals surface area contributed by atoms with Gasteiger partial charge >= 0.3 is 0 Å². The second-order valence-electron chi connectivity index (χ2n) is 9.10. The van der Waals surface area contributed by atoms with Gasteiger partial charge in [-0.2, -0.15) is 0 Å². The lowest BCUT2D eigenvalue weighted by molar-refractivity contribution is 0.201. The molecule has 1 aromatic heterocycles. The summed E-state index contributed by atoms with van der Waals surface area (Å²) in [5.41, 5.74) is 6.38. The van der Waals surface area contributed by atoms with E-state index in [0.29, 0.717) is 6.54 Å². The molecule has 0 aliphatic carbocycles. The molecule has 3 aromatic carbocycles. The summed E-state index contributed by atoms with van der Waals surface area (Å²) < 4.78 is 7.23. The zero-order chi connectivity index (χ0) is 24.2. The lowest BCUT2D eigenvalue weighted by Gasteiger charge is -2.40. The van der Waals surface area contributed by atoms with Crippen LogP contribution < -0.4 is 9.64 Å². The van der Waals surface area contributed by atoms with Crippen LogP contribution in [0.5, 0.6) is 5.75 Å². The Kier molecular flexibility index (Phi) is 6.77. The molecule has 35 heavy (non-hydrogen) atoms. The summed E-state index contributed by atoms with van der Waals surface area (Å²) in [5, 5.41) is 13.0. The molecule has 1 aliphatic heterocycles. The Labute approximate surface area is 206 Å².